The number of fused-ring (bicyclic) bond motifs is 7. The first kappa shape index (κ1) is 37.8. The fourth-order valence-electron chi connectivity index (χ4n) is 13.8. The van der Waals surface area contributed by atoms with Gasteiger partial charge in [-0.05, 0) is 133 Å². The van der Waals surface area contributed by atoms with Crippen molar-refractivity contribution >= 4 is 21.4 Å². The maximum atomic E-state index is 12.0. The van der Waals surface area contributed by atoms with Crippen molar-refractivity contribution in [1.82, 2.24) is 10.2 Å². The van der Waals surface area contributed by atoms with Crippen molar-refractivity contribution in [2.45, 2.75) is 118 Å². The highest BCUT2D eigenvalue weighted by Gasteiger charge is 2.73. The van der Waals surface area contributed by atoms with E-state index in [2.05, 4.69) is 64.4 Å². The van der Waals surface area contributed by atoms with Gasteiger partial charge in [0.05, 0.1) is 17.1 Å². The molecule has 7 unspecified atom stereocenters. The molecule has 0 radical (unpaired) electrons. The van der Waals surface area contributed by atoms with Crippen LogP contribution >= 0.6 is 0 Å². The molecule has 0 aromatic heterocycles. The molecule has 50 heavy (non-hydrogen) atoms. The first-order valence-electron chi connectivity index (χ1n) is 19.7. The number of sulfone groups is 1. The molecule has 0 bridgehead atoms. The summed E-state index contributed by atoms with van der Waals surface area (Å²) in [6, 6.07) is 7.59. The van der Waals surface area contributed by atoms with E-state index in [1.54, 1.807) is 18.2 Å². The predicted molar refractivity (Wildman–Crippen MR) is 206 cm³/mol. The first-order chi connectivity index (χ1) is 23.4. The zero-order valence-electron chi connectivity index (χ0n) is 32.2. The highest BCUT2D eigenvalue weighted by molar-refractivity contribution is 7.91. The van der Waals surface area contributed by atoms with Crippen molar-refractivity contribution in [2.24, 2.45) is 44.8 Å². The fourth-order valence-corrected chi connectivity index (χ4v) is 15.0. The topological polar surface area (TPSA) is 86.7 Å². The van der Waals surface area contributed by atoms with E-state index in [9.17, 15) is 18.3 Å². The molecule has 0 spiro atoms. The van der Waals surface area contributed by atoms with E-state index < -0.39 is 15.8 Å². The Morgan fingerprint density at radius 2 is 1.50 bits per heavy atom. The van der Waals surface area contributed by atoms with Gasteiger partial charge in [0, 0.05) is 31.7 Å². The molecule has 1 aromatic rings. The molecule has 1 heterocycles. The van der Waals surface area contributed by atoms with Crippen molar-refractivity contribution in [1.29, 1.82) is 0 Å². The summed E-state index contributed by atoms with van der Waals surface area (Å²) in [5, 5.41) is 13.6. The van der Waals surface area contributed by atoms with Crippen molar-refractivity contribution in [3.63, 3.8) is 0 Å². The summed E-state index contributed by atoms with van der Waals surface area (Å²) in [5.74, 6) is 1.74. The smallest absolute Gasteiger partial charge is 0.335 e. The number of carboxylic acids is 1. The highest BCUT2D eigenvalue weighted by Crippen LogP contribution is 2.79. The zero-order valence-corrected chi connectivity index (χ0v) is 33.1. The Morgan fingerprint density at radius 3 is 2.12 bits per heavy atom. The van der Waals surface area contributed by atoms with Crippen LogP contribution in [-0.2, 0) is 9.84 Å². The molecule has 8 atom stereocenters. The zero-order chi connectivity index (χ0) is 36.4. The molecule has 5 aliphatic carbocycles. The third-order valence-electron chi connectivity index (χ3n) is 16.5. The molecule has 4 saturated carbocycles. The summed E-state index contributed by atoms with van der Waals surface area (Å²) in [6.07, 6.45) is 17.1. The van der Waals surface area contributed by atoms with Crippen LogP contribution in [0, 0.1) is 44.8 Å². The van der Waals surface area contributed by atoms with Gasteiger partial charge in [0.25, 0.3) is 0 Å². The van der Waals surface area contributed by atoms with Gasteiger partial charge in [-0.1, -0.05) is 72.2 Å². The average Bonchev–Trinajstić information content (AvgIpc) is 3.49. The molecule has 6 nitrogen and oxygen atoms in total. The molecule has 7 heteroatoms. The lowest BCUT2D eigenvalue weighted by Gasteiger charge is -2.75. The molecule has 1 aromatic carbocycles. The van der Waals surface area contributed by atoms with Gasteiger partial charge in [-0.2, -0.15) is 0 Å². The van der Waals surface area contributed by atoms with E-state index in [0.717, 1.165) is 19.5 Å². The van der Waals surface area contributed by atoms with Crippen molar-refractivity contribution in [3.8, 4) is 0 Å². The number of carbonyl (C=O) groups is 1. The Bertz CT molecular complexity index is 1590. The molecule has 7 rings (SSSR count). The Kier molecular flexibility index (Phi) is 9.95. The second-order valence-corrected chi connectivity index (χ2v) is 21.0. The quantitative estimate of drug-likeness (QED) is 0.288. The molecular weight excluding hydrogens is 641 g/mol. The third kappa shape index (κ3) is 5.79. The van der Waals surface area contributed by atoms with Crippen LogP contribution in [0.2, 0.25) is 0 Å². The van der Waals surface area contributed by atoms with Crippen LogP contribution in [0.4, 0.5) is 0 Å². The molecule has 6 aliphatic rings. The van der Waals surface area contributed by atoms with E-state index in [-0.39, 0.29) is 16.4 Å². The van der Waals surface area contributed by atoms with Gasteiger partial charge >= 0.3 is 5.97 Å². The summed E-state index contributed by atoms with van der Waals surface area (Å²) in [5.41, 5.74) is 4.32. The molecule has 2 N–H and O–H groups in total. The van der Waals surface area contributed by atoms with Crippen molar-refractivity contribution < 1.29 is 18.3 Å². The van der Waals surface area contributed by atoms with Gasteiger partial charge in [-0.25, -0.2) is 13.2 Å². The summed E-state index contributed by atoms with van der Waals surface area (Å²) < 4.78 is 23.9. The monoisotopic (exact) mass is 706 g/mol. The van der Waals surface area contributed by atoms with Gasteiger partial charge in [-0.15, -0.1) is 6.58 Å². The standard InChI is InChI=1S/C40H60N2O4S.C3H6/c1-35(2)30(28-9-11-29(12-10-28)34(43)44)13-17-36(3)31(35)14-18-37(4)32(36)15-19-38(5)33-8-7-16-40(33,21-20-39(37,38)6)41-22-23-42-24-26-47(45,46)27-25-42;1-3-2/h9-13,31-33,41H,7-8,14-27H2,1-6H3,(H,43,44);3H,1H2,2H3/t31?,32?,33?,36?,37?,38?,39-,40?;/m0./s1. The maximum absolute atomic E-state index is 12.0. The minimum absolute atomic E-state index is 0.0242. The minimum atomic E-state index is -2.84. The number of aromatic carboxylic acids is 1. The number of benzene rings is 1. The van der Waals surface area contributed by atoms with Gasteiger partial charge in [0.2, 0.25) is 0 Å². The lowest BCUT2D eigenvalue weighted by Crippen LogP contribution is -2.71. The predicted octanol–water partition coefficient (Wildman–Crippen LogP) is 8.89. The van der Waals surface area contributed by atoms with E-state index in [0.29, 0.717) is 64.2 Å². The van der Waals surface area contributed by atoms with E-state index in [1.807, 2.05) is 19.1 Å². The van der Waals surface area contributed by atoms with Crippen LogP contribution < -0.4 is 5.32 Å². The summed E-state index contributed by atoms with van der Waals surface area (Å²) >= 11 is 0. The lowest BCUT2D eigenvalue weighted by atomic mass is 9.30. The van der Waals surface area contributed by atoms with Crippen LogP contribution in [0.3, 0.4) is 0 Å². The molecule has 1 aliphatic heterocycles. The van der Waals surface area contributed by atoms with Crippen LogP contribution in [0.1, 0.15) is 129 Å². The summed E-state index contributed by atoms with van der Waals surface area (Å²) in [7, 11) is -2.84. The van der Waals surface area contributed by atoms with E-state index in [4.69, 9.17) is 0 Å². The number of hydrogen-bond donors (Lipinski definition) is 2. The largest absolute Gasteiger partial charge is 0.478 e. The molecular formula is C43H66N2O4S. The van der Waals surface area contributed by atoms with E-state index in [1.165, 1.54) is 68.9 Å². The van der Waals surface area contributed by atoms with Crippen LogP contribution in [0.5, 0.6) is 0 Å². The Hall–Kier alpha value is -1.96. The van der Waals surface area contributed by atoms with E-state index >= 15 is 0 Å². The van der Waals surface area contributed by atoms with Gasteiger partial charge in [0.15, 0.2) is 9.84 Å². The Morgan fingerprint density at radius 1 is 0.900 bits per heavy atom. The number of allylic oxidation sites excluding steroid dienone is 3. The first-order valence-corrected chi connectivity index (χ1v) is 21.5. The summed E-state index contributed by atoms with van der Waals surface area (Å²) in [4.78, 5) is 13.9. The maximum Gasteiger partial charge on any atom is 0.335 e. The van der Waals surface area contributed by atoms with Gasteiger partial charge < -0.3 is 15.3 Å². The normalized spacial score (nSPS) is 41.6. The van der Waals surface area contributed by atoms with Gasteiger partial charge in [0.1, 0.15) is 0 Å². The number of nitrogens with zero attached hydrogens (tertiary/aromatic N) is 1. The molecule has 5 fully saturated rings. The lowest BCUT2D eigenvalue weighted by molar-refractivity contribution is -0.253. The Balaban J connectivity index is 0.00000139. The minimum Gasteiger partial charge on any atom is -0.478 e. The van der Waals surface area contributed by atoms with Crippen LogP contribution in [0.15, 0.2) is 43.0 Å². The average molecular weight is 707 g/mol. The molecule has 1 saturated heterocycles. The van der Waals surface area contributed by atoms with Crippen molar-refractivity contribution in [2.75, 3.05) is 37.7 Å². The number of hydrogen-bond acceptors (Lipinski definition) is 5. The number of carboxylic acid groups (broad SMARTS) is 1. The van der Waals surface area contributed by atoms with Crippen LogP contribution in [-0.4, -0.2) is 67.6 Å². The third-order valence-corrected chi connectivity index (χ3v) is 18.1. The van der Waals surface area contributed by atoms with Crippen molar-refractivity contribution in [3.05, 3.63) is 54.1 Å². The highest BCUT2D eigenvalue weighted by atomic mass is 32.2. The molecule has 0 amide bonds. The second-order valence-electron chi connectivity index (χ2n) is 18.7. The number of rotatable bonds is 6. The Labute approximate surface area is 303 Å². The summed E-state index contributed by atoms with van der Waals surface area (Å²) in [6.45, 7) is 24.2. The SMILES string of the molecule is C=CC.CC1(C)C(c2ccc(C(=O)O)cc2)=CCC2(C)C1CCC1(C)C2CCC2(C)C3CCCC3(NCCN3CCS(=O)(=O)CC3)CC[C@]21C. The van der Waals surface area contributed by atoms with Gasteiger partial charge in [-0.3, -0.25) is 0 Å². The molecule has 278 valence electrons. The fraction of sp³-hybridized carbons (Fsp3) is 0.744. The number of nitrogens with one attached hydrogen (secondary N) is 1. The second kappa shape index (κ2) is 13.2. The van der Waals surface area contributed by atoms with Crippen LogP contribution in [0.25, 0.3) is 5.57 Å².